The van der Waals surface area contributed by atoms with Crippen LogP contribution in [0.25, 0.3) is 11.0 Å². The van der Waals surface area contributed by atoms with E-state index >= 15 is 0 Å². The molecule has 148 valence electrons. The number of hydrogen-bond acceptors (Lipinski definition) is 4. The van der Waals surface area contributed by atoms with E-state index in [1.807, 2.05) is 6.92 Å². The number of hydrogen-bond donors (Lipinski definition) is 0. The third kappa shape index (κ3) is 3.12. The summed E-state index contributed by atoms with van der Waals surface area (Å²) >= 11 is 0. The van der Waals surface area contributed by atoms with Gasteiger partial charge >= 0.3 is 6.18 Å². The van der Waals surface area contributed by atoms with Crippen LogP contribution in [0.4, 0.5) is 13.2 Å². The summed E-state index contributed by atoms with van der Waals surface area (Å²) in [5.74, 6) is -0.0981. The summed E-state index contributed by atoms with van der Waals surface area (Å²) in [6.45, 7) is 2.88. The molecule has 2 aromatic heterocycles. The lowest BCUT2D eigenvalue weighted by atomic mass is 10.0. The molecule has 1 saturated heterocycles. The van der Waals surface area contributed by atoms with E-state index in [1.165, 1.54) is 6.07 Å². The van der Waals surface area contributed by atoms with Crippen LogP contribution in [0.2, 0.25) is 0 Å². The van der Waals surface area contributed by atoms with Crippen molar-refractivity contribution in [3.63, 3.8) is 0 Å². The number of likely N-dealkylation sites (tertiary alicyclic amines) is 1. The van der Waals surface area contributed by atoms with Crippen molar-refractivity contribution in [3.05, 3.63) is 41.2 Å². The molecule has 1 fully saturated rings. The smallest absolute Gasteiger partial charge is 0.336 e. The Morgan fingerprint density at radius 1 is 1.29 bits per heavy atom. The number of alkyl halides is 3. The van der Waals surface area contributed by atoms with E-state index in [2.05, 4.69) is 15.4 Å². The van der Waals surface area contributed by atoms with Crippen LogP contribution in [0.5, 0.6) is 0 Å². The second-order valence-corrected chi connectivity index (χ2v) is 7.05. The molecule has 28 heavy (non-hydrogen) atoms. The van der Waals surface area contributed by atoms with Gasteiger partial charge in [-0.1, -0.05) is 5.21 Å². The molecule has 0 bridgehead atoms. The van der Waals surface area contributed by atoms with Gasteiger partial charge in [0.25, 0.3) is 5.91 Å². The molecular formula is C18H19F3N6O. The van der Waals surface area contributed by atoms with Crippen molar-refractivity contribution in [1.29, 1.82) is 0 Å². The normalized spacial score (nSPS) is 18.0. The minimum Gasteiger partial charge on any atom is -0.336 e. The van der Waals surface area contributed by atoms with Gasteiger partial charge in [-0.2, -0.15) is 18.3 Å². The van der Waals surface area contributed by atoms with Gasteiger partial charge in [0.05, 0.1) is 28.9 Å². The largest absolute Gasteiger partial charge is 0.416 e. The highest BCUT2D eigenvalue weighted by molar-refractivity contribution is 5.95. The summed E-state index contributed by atoms with van der Waals surface area (Å²) in [5, 5.41) is 12.1. The Kier molecular flexibility index (Phi) is 4.35. The summed E-state index contributed by atoms with van der Waals surface area (Å²) < 4.78 is 42.0. The van der Waals surface area contributed by atoms with Gasteiger partial charge in [0.2, 0.25) is 0 Å². The van der Waals surface area contributed by atoms with Crippen LogP contribution in [0.15, 0.2) is 24.4 Å². The predicted molar refractivity (Wildman–Crippen MR) is 94.6 cm³/mol. The zero-order valence-electron chi connectivity index (χ0n) is 15.4. The molecule has 0 unspecified atom stereocenters. The quantitative estimate of drug-likeness (QED) is 0.672. The maximum Gasteiger partial charge on any atom is 0.416 e. The second kappa shape index (κ2) is 6.61. The molecule has 10 heteroatoms. The minimum atomic E-state index is -4.42. The number of aromatic nitrogens is 5. The molecule has 4 rings (SSSR count). The Morgan fingerprint density at radius 3 is 2.75 bits per heavy atom. The number of carbonyl (C=O) groups is 1. The lowest BCUT2D eigenvalue weighted by Gasteiger charge is -2.32. The Hall–Kier alpha value is -2.91. The fraction of sp³-hybridized carbons (Fsp3) is 0.444. The third-order valence-electron chi connectivity index (χ3n) is 5.29. The average Bonchev–Trinajstić information content (AvgIpc) is 3.24. The van der Waals surface area contributed by atoms with E-state index in [0.717, 1.165) is 30.7 Å². The van der Waals surface area contributed by atoms with Crippen LogP contribution in [0, 0.1) is 6.92 Å². The zero-order chi connectivity index (χ0) is 20.1. The number of rotatable bonds is 2. The number of benzene rings is 1. The first-order chi connectivity index (χ1) is 13.3. The van der Waals surface area contributed by atoms with Crippen LogP contribution in [-0.2, 0) is 13.2 Å². The first-order valence-electron chi connectivity index (χ1n) is 8.95. The van der Waals surface area contributed by atoms with Crippen molar-refractivity contribution in [2.45, 2.75) is 32.0 Å². The molecule has 1 amide bonds. The first-order valence-corrected chi connectivity index (χ1v) is 8.95. The van der Waals surface area contributed by atoms with Crippen LogP contribution in [-0.4, -0.2) is 48.7 Å². The van der Waals surface area contributed by atoms with Crippen molar-refractivity contribution >= 4 is 16.9 Å². The lowest BCUT2D eigenvalue weighted by molar-refractivity contribution is -0.137. The first kappa shape index (κ1) is 18.5. The number of aryl methyl sites for hydroxylation is 1. The molecule has 0 radical (unpaired) electrons. The van der Waals surface area contributed by atoms with Gasteiger partial charge in [-0.15, -0.1) is 5.10 Å². The topological polar surface area (TPSA) is 68.8 Å². The molecule has 0 spiro atoms. The van der Waals surface area contributed by atoms with Crippen molar-refractivity contribution in [1.82, 2.24) is 29.7 Å². The maximum atomic E-state index is 12.9. The number of piperidine rings is 1. The van der Waals surface area contributed by atoms with E-state index in [9.17, 15) is 18.0 Å². The highest BCUT2D eigenvalue weighted by atomic mass is 19.4. The van der Waals surface area contributed by atoms with Gasteiger partial charge in [0.1, 0.15) is 5.52 Å². The fourth-order valence-corrected chi connectivity index (χ4v) is 3.61. The van der Waals surface area contributed by atoms with E-state index in [0.29, 0.717) is 24.2 Å². The molecule has 3 heterocycles. The van der Waals surface area contributed by atoms with Gasteiger partial charge in [-0.05, 0) is 38.0 Å². The number of fused-ring (bicyclic) bond motifs is 1. The Balaban J connectivity index is 1.59. The highest BCUT2D eigenvalue weighted by Crippen LogP contribution is 2.32. The lowest BCUT2D eigenvalue weighted by Crippen LogP contribution is -2.41. The molecule has 7 nitrogen and oxygen atoms in total. The summed E-state index contributed by atoms with van der Waals surface area (Å²) in [5.41, 5.74) is 1.32. The molecular weight excluding hydrogens is 373 g/mol. The Labute approximate surface area is 158 Å². The Morgan fingerprint density at radius 2 is 2.07 bits per heavy atom. The summed E-state index contributed by atoms with van der Waals surface area (Å²) in [6, 6.07) is 3.29. The summed E-state index contributed by atoms with van der Waals surface area (Å²) in [4.78, 5) is 14.6. The van der Waals surface area contributed by atoms with Gasteiger partial charge in [0.15, 0.2) is 0 Å². The highest BCUT2D eigenvalue weighted by Gasteiger charge is 2.32. The van der Waals surface area contributed by atoms with E-state index in [-0.39, 0.29) is 17.5 Å². The molecule has 1 aromatic carbocycles. The number of amides is 1. The van der Waals surface area contributed by atoms with Crippen molar-refractivity contribution < 1.29 is 18.0 Å². The third-order valence-corrected chi connectivity index (χ3v) is 5.29. The zero-order valence-corrected chi connectivity index (χ0v) is 15.4. The number of carbonyl (C=O) groups excluding carboxylic acids is 1. The van der Waals surface area contributed by atoms with Crippen LogP contribution < -0.4 is 0 Å². The standard InChI is InChI=1S/C18H19F3N6O/c1-11-14(9-22-25(11)2)17(28)26-7-3-4-13(10-26)27-16-6-5-12(18(19,20)21)8-15(16)23-24-27/h5-6,8-9,13H,3-4,7,10H2,1-2H3/t13-/m1/s1. The molecule has 1 atom stereocenters. The number of nitrogens with zero attached hydrogens (tertiary/aromatic N) is 6. The van der Waals surface area contributed by atoms with Crippen LogP contribution in [0.3, 0.4) is 0 Å². The summed E-state index contributed by atoms with van der Waals surface area (Å²) in [7, 11) is 1.78. The van der Waals surface area contributed by atoms with Gasteiger partial charge in [-0.25, -0.2) is 4.68 Å². The molecule has 3 aromatic rings. The Bertz CT molecular complexity index is 1040. The van der Waals surface area contributed by atoms with Crippen molar-refractivity contribution in [2.75, 3.05) is 13.1 Å². The molecule has 0 N–H and O–H groups in total. The van der Waals surface area contributed by atoms with Gasteiger partial charge in [-0.3, -0.25) is 9.48 Å². The molecule has 1 aliphatic rings. The molecule has 0 saturated carbocycles. The fourth-order valence-electron chi connectivity index (χ4n) is 3.61. The average molecular weight is 392 g/mol. The summed E-state index contributed by atoms with van der Waals surface area (Å²) in [6.07, 6.45) is -1.31. The maximum absolute atomic E-state index is 12.9. The minimum absolute atomic E-state index is 0.0981. The van der Waals surface area contributed by atoms with Gasteiger partial charge < -0.3 is 4.90 Å². The second-order valence-electron chi connectivity index (χ2n) is 7.05. The van der Waals surface area contributed by atoms with Crippen molar-refractivity contribution in [2.24, 2.45) is 7.05 Å². The predicted octanol–water partition coefficient (Wildman–Crippen LogP) is 2.97. The van der Waals surface area contributed by atoms with Crippen molar-refractivity contribution in [3.8, 4) is 0 Å². The van der Waals surface area contributed by atoms with E-state index in [4.69, 9.17) is 0 Å². The monoisotopic (exact) mass is 392 g/mol. The van der Waals surface area contributed by atoms with Gasteiger partial charge in [0, 0.05) is 25.8 Å². The SMILES string of the molecule is Cc1c(C(=O)N2CCC[C@@H](n3nnc4cc(C(F)(F)F)ccc43)C2)cnn1C. The molecule has 1 aliphatic heterocycles. The van der Waals surface area contributed by atoms with E-state index in [1.54, 1.807) is 27.5 Å². The van der Waals surface area contributed by atoms with E-state index < -0.39 is 11.7 Å². The number of halogens is 3. The molecule has 0 aliphatic carbocycles. The van der Waals surface area contributed by atoms with Crippen LogP contribution in [0.1, 0.15) is 40.5 Å². The van der Waals surface area contributed by atoms with Crippen LogP contribution >= 0.6 is 0 Å².